The van der Waals surface area contributed by atoms with Crippen molar-refractivity contribution in [1.29, 1.82) is 5.26 Å². The third kappa shape index (κ3) is 2.07. The van der Waals surface area contributed by atoms with Crippen LogP contribution in [0.5, 0.6) is 5.75 Å². The number of aryl methyl sites for hydroxylation is 1. The number of nitriles is 1. The van der Waals surface area contributed by atoms with Gasteiger partial charge in [0.25, 0.3) is 0 Å². The van der Waals surface area contributed by atoms with Crippen molar-refractivity contribution in [1.82, 2.24) is 10.2 Å². The number of fused-ring (bicyclic) bond motifs is 1. The van der Waals surface area contributed by atoms with Crippen molar-refractivity contribution in [2.24, 2.45) is 0 Å². The van der Waals surface area contributed by atoms with Gasteiger partial charge in [-0.05, 0) is 42.5 Å². The Kier molecular flexibility index (Phi) is 3.64. The number of nitrogens with zero attached hydrogens (tertiary/aromatic N) is 2. The van der Waals surface area contributed by atoms with Gasteiger partial charge in [0.05, 0.1) is 13.2 Å². The fourth-order valence-corrected chi connectivity index (χ4v) is 3.54. The molecule has 1 heterocycles. The molecule has 1 aromatic rings. The fourth-order valence-electron chi connectivity index (χ4n) is 3.54. The third-order valence-corrected chi connectivity index (χ3v) is 4.58. The summed E-state index contributed by atoms with van der Waals surface area (Å²) in [5.41, 5.74) is 2.02. The largest absolute Gasteiger partial charge is 0.497 e. The van der Waals surface area contributed by atoms with E-state index < -0.39 is 5.54 Å². The van der Waals surface area contributed by atoms with E-state index in [1.807, 2.05) is 6.07 Å². The topological polar surface area (TPSA) is 48.3 Å². The van der Waals surface area contributed by atoms with E-state index in [0.29, 0.717) is 0 Å². The van der Waals surface area contributed by atoms with Crippen molar-refractivity contribution in [2.75, 3.05) is 33.3 Å². The molecule has 2 aliphatic rings. The van der Waals surface area contributed by atoms with Crippen LogP contribution in [0.4, 0.5) is 0 Å². The number of nitrogens with one attached hydrogen (secondary N) is 1. The first-order chi connectivity index (χ1) is 9.80. The van der Waals surface area contributed by atoms with Crippen molar-refractivity contribution < 1.29 is 4.74 Å². The van der Waals surface area contributed by atoms with Gasteiger partial charge in [0.1, 0.15) is 11.3 Å². The summed E-state index contributed by atoms with van der Waals surface area (Å²) in [6, 6.07) is 8.82. The van der Waals surface area contributed by atoms with E-state index in [1.165, 1.54) is 11.1 Å². The van der Waals surface area contributed by atoms with Gasteiger partial charge in [-0.2, -0.15) is 5.26 Å². The first-order valence-corrected chi connectivity index (χ1v) is 7.34. The lowest BCUT2D eigenvalue weighted by atomic mass is 9.76. The maximum Gasteiger partial charge on any atom is 0.135 e. The molecular weight excluding hydrogens is 250 g/mol. The number of hydrogen-bond acceptors (Lipinski definition) is 4. The normalized spacial score (nSPS) is 26.6. The van der Waals surface area contributed by atoms with Gasteiger partial charge in [0.15, 0.2) is 0 Å². The highest BCUT2D eigenvalue weighted by molar-refractivity contribution is 5.45. The molecular formula is C16H21N3O. The summed E-state index contributed by atoms with van der Waals surface area (Å²) < 4.78 is 5.32. The Labute approximate surface area is 120 Å². The van der Waals surface area contributed by atoms with E-state index in [1.54, 1.807) is 7.11 Å². The highest BCUT2D eigenvalue weighted by Crippen LogP contribution is 2.41. The van der Waals surface area contributed by atoms with Crippen LogP contribution in [-0.4, -0.2) is 38.2 Å². The van der Waals surface area contributed by atoms with Crippen LogP contribution in [0.1, 0.15) is 24.0 Å². The zero-order chi connectivity index (χ0) is 14.0. The van der Waals surface area contributed by atoms with Crippen LogP contribution in [0, 0.1) is 11.3 Å². The SMILES string of the molecule is COc1ccc2c(c1)CCCC2(C#N)N1CCNCC1. The zero-order valence-electron chi connectivity index (χ0n) is 12.0. The number of ether oxygens (including phenoxy) is 1. The Morgan fingerprint density at radius 2 is 2.15 bits per heavy atom. The average molecular weight is 271 g/mol. The maximum atomic E-state index is 9.92. The monoisotopic (exact) mass is 271 g/mol. The second-order valence-corrected chi connectivity index (χ2v) is 5.59. The Morgan fingerprint density at radius 3 is 2.85 bits per heavy atom. The van der Waals surface area contributed by atoms with Gasteiger partial charge in [-0.3, -0.25) is 4.90 Å². The van der Waals surface area contributed by atoms with E-state index in [9.17, 15) is 5.26 Å². The lowest BCUT2D eigenvalue weighted by Gasteiger charge is -2.44. The van der Waals surface area contributed by atoms with Crippen molar-refractivity contribution in [3.63, 3.8) is 0 Å². The second-order valence-electron chi connectivity index (χ2n) is 5.59. The van der Waals surface area contributed by atoms with E-state index in [4.69, 9.17) is 4.74 Å². The van der Waals surface area contributed by atoms with Crippen molar-refractivity contribution in [3.8, 4) is 11.8 Å². The molecule has 1 aliphatic heterocycles. The summed E-state index contributed by atoms with van der Waals surface area (Å²) in [5.74, 6) is 0.887. The molecule has 20 heavy (non-hydrogen) atoms. The van der Waals surface area contributed by atoms with Crippen molar-refractivity contribution >= 4 is 0 Å². The minimum Gasteiger partial charge on any atom is -0.497 e. The van der Waals surface area contributed by atoms with Crippen LogP contribution in [0.15, 0.2) is 18.2 Å². The predicted molar refractivity (Wildman–Crippen MR) is 77.7 cm³/mol. The first kappa shape index (κ1) is 13.4. The molecule has 1 aliphatic carbocycles. The molecule has 0 radical (unpaired) electrons. The van der Waals surface area contributed by atoms with Crippen molar-refractivity contribution in [2.45, 2.75) is 24.8 Å². The molecule has 0 spiro atoms. The van der Waals surface area contributed by atoms with Crippen molar-refractivity contribution in [3.05, 3.63) is 29.3 Å². The molecule has 1 unspecified atom stereocenters. The Bertz CT molecular complexity index is 531. The summed E-state index contributed by atoms with van der Waals surface area (Å²) in [7, 11) is 1.69. The summed E-state index contributed by atoms with van der Waals surface area (Å²) in [6.07, 6.45) is 3.04. The summed E-state index contributed by atoms with van der Waals surface area (Å²) in [6.45, 7) is 3.82. The van der Waals surface area contributed by atoms with Gasteiger partial charge in [0.2, 0.25) is 0 Å². The van der Waals surface area contributed by atoms with Crippen LogP contribution < -0.4 is 10.1 Å². The first-order valence-electron chi connectivity index (χ1n) is 7.34. The van der Waals surface area contributed by atoms with E-state index >= 15 is 0 Å². The Hall–Kier alpha value is -1.57. The van der Waals surface area contributed by atoms with Gasteiger partial charge in [-0.15, -0.1) is 0 Å². The van der Waals surface area contributed by atoms with Gasteiger partial charge in [-0.25, -0.2) is 0 Å². The number of methoxy groups -OCH3 is 1. The maximum absolute atomic E-state index is 9.92. The molecule has 1 aromatic carbocycles. The third-order valence-electron chi connectivity index (χ3n) is 4.58. The minimum atomic E-state index is -0.443. The molecule has 1 fully saturated rings. The van der Waals surface area contributed by atoms with Crippen LogP contribution in [0.3, 0.4) is 0 Å². The number of benzene rings is 1. The lowest BCUT2D eigenvalue weighted by Crippen LogP contribution is -2.55. The van der Waals surface area contributed by atoms with Crippen LogP contribution in [-0.2, 0) is 12.0 Å². The molecule has 106 valence electrons. The highest BCUT2D eigenvalue weighted by atomic mass is 16.5. The molecule has 0 saturated carbocycles. The molecule has 0 bridgehead atoms. The summed E-state index contributed by atoms with van der Waals surface area (Å²) in [4.78, 5) is 2.36. The highest BCUT2D eigenvalue weighted by Gasteiger charge is 2.42. The lowest BCUT2D eigenvalue weighted by molar-refractivity contribution is 0.101. The quantitative estimate of drug-likeness (QED) is 0.888. The minimum absolute atomic E-state index is 0.443. The molecule has 1 N–H and O–H groups in total. The fraction of sp³-hybridized carbons (Fsp3) is 0.562. The second kappa shape index (κ2) is 5.43. The van der Waals surface area contributed by atoms with E-state index in [2.05, 4.69) is 28.4 Å². The Balaban J connectivity index is 2.03. The van der Waals surface area contributed by atoms with Gasteiger partial charge >= 0.3 is 0 Å². The molecule has 0 aromatic heterocycles. The predicted octanol–water partition coefficient (Wildman–Crippen LogP) is 1.66. The van der Waals surface area contributed by atoms with Gasteiger partial charge in [-0.1, -0.05) is 6.07 Å². The van der Waals surface area contributed by atoms with Crippen LogP contribution in [0.25, 0.3) is 0 Å². The van der Waals surface area contributed by atoms with Crippen LogP contribution >= 0.6 is 0 Å². The average Bonchev–Trinajstić information content (AvgIpc) is 2.54. The molecule has 4 nitrogen and oxygen atoms in total. The standard InChI is InChI=1S/C16H21N3O/c1-20-14-4-5-15-13(11-14)3-2-6-16(15,12-17)19-9-7-18-8-10-19/h4-5,11,18H,2-3,6-10H2,1H3. The summed E-state index contributed by atoms with van der Waals surface area (Å²) >= 11 is 0. The Morgan fingerprint density at radius 1 is 1.35 bits per heavy atom. The number of rotatable bonds is 2. The molecule has 4 heteroatoms. The molecule has 0 amide bonds. The number of hydrogen-bond donors (Lipinski definition) is 1. The zero-order valence-corrected chi connectivity index (χ0v) is 12.0. The molecule has 1 atom stereocenters. The smallest absolute Gasteiger partial charge is 0.135 e. The van der Waals surface area contributed by atoms with E-state index in [-0.39, 0.29) is 0 Å². The molecule has 1 saturated heterocycles. The van der Waals surface area contributed by atoms with Gasteiger partial charge in [0, 0.05) is 26.2 Å². The molecule has 3 rings (SSSR count). The van der Waals surface area contributed by atoms with Gasteiger partial charge < -0.3 is 10.1 Å². The van der Waals surface area contributed by atoms with Crippen LogP contribution in [0.2, 0.25) is 0 Å². The van der Waals surface area contributed by atoms with E-state index in [0.717, 1.165) is 51.2 Å². The summed E-state index contributed by atoms with van der Waals surface area (Å²) in [5, 5.41) is 13.3. The number of piperazine rings is 1.